The maximum Gasteiger partial charge on any atom is 0.598 e. The molecule has 3 aromatic rings. The summed E-state index contributed by atoms with van der Waals surface area (Å²) in [5, 5.41) is 2.56. The fourth-order valence-electron chi connectivity index (χ4n) is 3.00. The Bertz CT molecular complexity index is 1090. The second-order valence-electron chi connectivity index (χ2n) is 7.26. The van der Waals surface area contributed by atoms with E-state index in [0.29, 0.717) is 21.5 Å². The van der Waals surface area contributed by atoms with E-state index in [0.717, 1.165) is 29.7 Å². The molecule has 2 heterocycles. The molecule has 170 valence electrons. The summed E-state index contributed by atoms with van der Waals surface area (Å²) in [6.45, 7) is 4.33. The lowest BCUT2D eigenvalue weighted by atomic mass is 10.1. The zero-order valence-electron chi connectivity index (χ0n) is 17.4. The number of anilines is 1. The molecule has 6 nitrogen and oxygen atoms in total. The highest BCUT2D eigenvalue weighted by molar-refractivity contribution is 7.93. The maximum absolute atomic E-state index is 12.8. The average molecular weight is 484 g/mol. The molecule has 0 amide bonds. The lowest BCUT2D eigenvalue weighted by Gasteiger charge is -2.23. The summed E-state index contributed by atoms with van der Waals surface area (Å²) in [6, 6.07) is 8.08. The van der Waals surface area contributed by atoms with Crippen LogP contribution >= 0.6 is 11.3 Å². The molecule has 11 heteroatoms. The van der Waals surface area contributed by atoms with Crippen LogP contribution in [0.4, 0.5) is 18.9 Å². The molecule has 0 N–H and O–H groups in total. The SMILES string of the molecule is CC(C)Cc1cc(-c2nc(-c3ccc(N(C)[S+]([O-])C(F)(F)F)c(OC=O)c3)cs2)ccn1. The van der Waals surface area contributed by atoms with E-state index in [2.05, 4.69) is 23.8 Å². The van der Waals surface area contributed by atoms with Gasteiger partial charge in [0.2, 0.25) is 0 Å². The number of thiazole rings is 1. The topological polar surface area (TPSA) is 78.4 Å². The van der Waals surface area contributed by atoms with Crippen molar-refractivity contribution in [2.75, 3.05) is 11.4 Å². The van der Waals surface area contributed by atoms with Gasteiger partial charge in [0, 0.05) is 28.4 Å². The Morgan fingerprint density at radius 2 is 2.00 bits per heavy atom. The molecule has 0 radical (unpaired) electrons. The van der Waals surface area contributed by atoms with Gasteiger partial charge in [-0.2, -0.15) is 4.31 Å². The Hall–Kier alpha value is -2.63. The van der Waals surface area contributed by atoms with Crippen molar-refractivity contribution in [1.82, 2.24) is 9.97 Å². The number of carbonyl (C=O) groups is 1. The standard InChI is InChI=1S/C21H20F3N3O3S2/c1-13(2)8-16-9-15(6-7-25-16)20-26-17(11-31-20)14-4-5-18(19(10-14)30-12-28)27(3)32(29)21(22,23)24/h4-7,9-13H,8H2,1-3H3. The van der Waals surface area contributed by atoms with Crippen molar-refractivity contribution in [2.24, 2.45) is 5.92 Å². The van der Waals surface area contributed by atoms with Gasteiger partial charge in [-0.3, -0.25) is 9.78 Å². The largest absolute Gasteiger partial charge is 0.598 e. The summed E-state index contributed by atoms with van der Waals surface area (Å²) >= 11 is -1.90. The molecule has 1 atom stereocenters. The molecular weight excluding hydrogens is 463 g/mol. The maximum atomic E-state index is 12.8. The molecule has 0 bridgehead atoms. The fourth-order valence-corrected chi connectivity index (χ4v) is 4.47. The summed E-state index contributed by atoms with van der Waals surface area (Å²) in [5.74, 6) is 0.305. The normalized spacial score (nSPS) is 12.6. The number of hydrogen-bond acceptors (Lipinski definition) is 7. The molecule has 0 fully saturated rings. The first-order valence-corrected chi connectivity index (χ1v) is 11.5. The van der Waals surface area contributed by atoms with Gasteiger partial charge in [0.05, 0.1) is 12.7 Å². The molecule has 3 rings (SSSR count). The van der Waals surface area contributed by atoms with Crippen LogP contribution in [0.25, 0.3) is 21.8 Å². The number of halogens is 3. The molecule has 2 aromatic heterocycles. The number of nitrogens with zero attached hydrogens (tertiary/aromatic N) is 3. The number of hydrogen-bond donors (Lipinski definition) is 0. The summed E-state index contributed by atoms with van der Waals surface area (Å²) in [4.78, 5) is 19.9. The van der Waals surface area contributed by atoms with E-state index < -0.39 is 16.9 Å². The molecular formula is C21H20F3N3O3S2. The van der Waals surface area contributed by atoms with E-state index in [1.54, 1.807) is 11.6 Å². The smallest absolute Gasteiger partial charge is 0.585 e. The Kier molecular flexibility index (Phi) is 7.42. The minimum atomic E-state index is -4.95. The predicted molar refractivity (Wildman–Crippen MR) is 119 cm³/mol. The van der Waals surface area contributed by atoms with Gasteiger partial charge in [-0.15, -0.1) is 24.5 Å². The van der Waals surface area contributed by atoms with Crippen LogP contribution in [0.15, 0.2) is 41.9 Å². The molecule has 0 aliphatic rings. The second kappa shape index (κ2) is 9.88. The first-order chi connectivity index (χ1) is 15.1. The number of ether oxygens (including phenoxy) is 1. The average Bonchev–Trinajstić information content (AvgIpc) is 3.22. The van der Waals surface area contributed by atoms with E-state index in [1.165, 1.54) is 29.5 Å². The van der Waals surface area contributed by atoms with Gasteiger partial charge in [0.25, 0.3) is 6.47 Å². The zero-order valence-corrected chi connectivity index (χ0v) is 19.1. The molecule has 32 heavy (non-hydrogen) atoms. The van der Waals surface area contributed by atoms with Crippen LogP contribution in [-0.2, 0) is 22.6 Å². The third kappa shape index (κ3) is 5.59. The highest BCUT2D eigenvalue weighted by Gasteiger charge is 2.49. The lowest BCUT2D eigenvalue weighted by molar-refractivity contribution is -0.120. The number of pyridine rings is 1. The Labute approximate surface area is 190 Å². The summed E-state index contributed by atoms with van der Waals surface area (Å²) in [6.07, 6.45) is 2.57. The van der Waals surface area contributed by atoms with Crippen LogP contribution in [0, 0.1) is 5.92 Å². The first kappa shape index (κ1) is 24.0. The van der Waals surface area contributed by atoms with Crippen molar-refractivity contribution in [2.45, 2.75) is 25.8 Å². The Balaban J connectivity index is 1.92. The van der Waals surface area contributed by atoms with E-state index in [1.807, 2.05) is 12.1 Å². The number of carbonyl (C=O) groups excluding carboxylic acids is 1. The Morgan fingerprint density at radius 3 is 2.66 bits per heavy atom. The Morgan fingerprint density at radius 1 is 1.25 bits per heavy atom. The van der Waals surface area contributed by atoms with Crippen molar-refractivity contribution in [3.8, 4) is 27.6 Å². The summed E-state index contributed by atoms with van der Waals surface area (Å²) in [7, 11) is 1.01. The summed E-state index contributed by atoms with van der Waals surface area (Å²) < 4.78 is 55.6. The quantitative estimate of drug-likeness (QED) is 0.323. The van der Waals surface area contributed by atoms with Crippen molar-refractivity contribution in [3.05, 3.63) is 47.6 Å². The minimum absolute atomic E-state index is 0.104. The number of rotatable bonds is 8. The molecule has 0 aliphatic carbocycles. The van der Waals surface area contributed by atoms with E-state index in [-0.39, 0.29) is 17.9 Å². The van der Waals surface area contributed by atoms with Crippen LogP contribution in [0.1, 0.15) is 19.5 Å². The zero-order chi connectivity index (χ0) is 23.5. The van der Waals surface area contributed by atoms with Gasteiger partial charge >= 0.3 is 5.51 Å². The van der Waals surface area contributed by atoms with Gasteiger partial charge in [-0.05, 0) is 36.6 Å². The van der Waals surface area contributed by atoms with Gasteiger partial charge in [-0.25, -0.2) is 4.98 Å². The van der Waals surface area contributed by atoms with Crippen molar-refractivity contribution < 1.29 is 27.3 Å². The van der Waals surface area contributed by atoms with Crippen LogP contribution in [-0.4, -0.2) is 33.5 Å². The first-order valence-electron chi connectivity index (χ1n) is 9.48. The lowest BCUT2D eigenvalue weighted by Crippen LogP contribution is -2.38. The second-order valence-corrected chi connectivity index (χ2v) is 9.63. The third-order valence-electron chi connectivity index (χ3n) is 4.40. The van der Waals surface area contributed by atoms with Gasteiger partial charge < -0.3 is 9.29 Å². The monoisotopic (exact) mass is 483 g/mol. The highest BCUT2D eigenvalue weighted by atomic mass is 32.2. The molecule has 0 aliphatic heterocycles. The minimum Gasteiger partial charge on any atom is -0.585 e. The molecule has 1 aromatic carbocycles. The van der Waals surface area contributed by atoms with E-state index in [9.17, 15) is 22.5 Å². The van der Waals surface area contributed by atoms with Crippen molar-refractivity contribution in [1.29, 1.82) is 0 Å². The number of benzene rings is 1. The molecule has 0 saturated carbocycles. The van der Waals surface area contributed by atoms with E-state index >= 15 is 0 Å². The van der Waals surface area contributed by atoms with Crippen LogP contribution < -0.4 is 9.04 Å². The third-order valence-corrected chi connectivity index (χ3v) is 6.38. The number of aromatic nitrogens is 2. The van der Waals surface area contributed by atoms with Gasteiger partial charge in [-0.1, -0.05) is 19.9 Å². The predicted octanol–water partition coefficient (Wildman–Crippen LogP) is 5.23. The van der Waals surface area contributed by atoms with Crippen LogP contribution in [0.5, 0.6) is 5.75 Å². The number of alkyl halides is 3. The summed E-state index contributed by atoms with van der Waals surface area (Å²) in [5.41, 5.74) is -2.12. The highest BCUT2D eigenvalue weighted by Crippen LogP contribution is 2.38. The molecule has 1 unspecified atom stereocenters. The van der Waals surface area contributed by atoms with Gasteiger partial charge in [0.15, 0.2) is 17.1 Å². The van der Waals surface area contributed by atoms with Crippen LogP contribution in [0.3, 0.4) is 0 Å². The fraction of sp³-hybridized carbons (Fsp3) is 0.286. The van der Waals surface area contributed by atoms with Crippen LogP contribution in [0.2, 0.25) is 0 Å². The molecule has 0 saturated heterocycles. The van der Waals surface area contributed by atoms with Crippen molar-refractivity contribution in [3.63, 3.8) is 0 Å². The van der Waals surface area contributed by atoms with E-state index in [4.69, 9.17) is 4.74 Å². The van der Waals surface area contributed by atoms with Crippen molar-refractivity contribution >= 4 is 34.9 Å². The van der Waals surface area contributed by atoms with Gasteiger partial charge in [0.1, 0.15) is 10.7 Å². The molecule has 0 spiro atoms.